The number of amides is 2. The molecule has 1 saturated carbocycles. The number of halogens is 1. The molecular weight excluding hydrogens is 320 g/mol. The van der Waals surface area contributed by atoms with E-state index in [0.29, 0.717) is 11.6 Å². The van der Waals surface area contributed by atoms with Crippen LogP contribution in [0.1, 0.15) is 37.7 Å². The number of carbonyl (C=O) groups is 1. The van der Waals surface area contributed by atoms with Crippen LogP contribution in [-0.4, -0.2) is 12.6 Å². The lowest BCUT2D eigenvalue weighted by Crippen LogP contribution is -2.43. The van der Waals surface area contributed by atoms with Gasteiger partial charge < -0.3 is 10.6 Å². The highest BCUT2D eigenvalue weighted by atomic mass is 35.5. The number of carbonyl (C=O) groups excluding carboxylic acids is 1. The second-order valence-electron chi connectivity index (χ2n) is 6.52. The molecular formula is C20H23ClN2O. The largest absolute Gasteiger partial charge is 0.337 e. The Bertz CT molecular complexity index is 664. The minimum absolute atomic E-state index is 0.0524. The molecule has 2 aromatic rings. The molecule has 1 aliphatic rings. The van der Waals surface area contributed by atoms with E-state index < -0.39 is 0 Å². The molecule has 3 rings (SSSR count). The van der Waals surface area contributed by atoms with Crippen molar-refractivity contribution in [2.45, 2.75) is 37.5 Å². The Balaban J connectivity index is 1.65. The molecule has 0 aliphatic heterocycles. The lowest BCUT2D eigenvalue weighted by molar-refractivity contribution is 0.240. The van der Waals surface area contributed by atoms with Crippen molar-refractivity contribution >= 4 is 23.3 Å². The molecule has 2 aromatic carbocycles. The summed E-state index contributed by atoms with van der Waals surface area (Å²) in [5.41, 5.74) is 2.13. The first-order valence-corrected chi connectivity index (χ1v) is 8.92. The standard InChI is InChI=1S/C20H23ClN2O/c21-17-9-11-18(12-10-17)23-19(24)22-15-20(13-5-2-6-14-20)16-7-3-1-4-8-16/h1,3-4,7-12H,2,5-6,13-15H2,(H2,22,23,24). The minimum atomic E-state index is -0.168. The Labute approximate surface area is 148 Å². The third-order valence-corrected chi connectivity index (χ3v) is 5.14. The predicted octanol–water partition coefficient (Wildman–Crippen LogP) is 5.36. The summed E-state index contributed by atoms with van der Waals surface area (Å²) in [5, 5.41) is 6.60. The number of hydrogen-bond acceptors (Lipinski definition) is 1. The maximum Gasteiger partial charge on any atom is 0.319 e. The summed E-state index contributed by atoms with van der Waals surface area (Å²) in [6.07, 6.45) is 5.97. The van der Waals surface area contributed by atoms with E-state index in [1.165, 1.54) is 24.8 Å². The van der Waals surface area contributed by atoms with Crippen molar-refractivity contribution in [2.24, 2.45) is 0 Å². The summed E-state index contributed by atoms with van der Waals surface area (Å²) < 4.78 is 0. The molecule has 126 valence electrons. The first-order chi connectivity index (χ1) is 11.7. The molecule has 1 fully saturated rings. The normalized spacial score (nSPS) is 16.4. The van der Waals surface area contributed by atoms with E-state index in [4.69, 9.17) is 11.6 Å². The Kier molecular flexibility index (Phi) is 5.41. The predicted molar refractivity (Wildman–Crippen MR) is 99.7 cm³/mol. The van der Waals surface area contributed by atoms with Gasteiger partial charge in [-0.1, -0.05) is 61.2 Å². The van der Waals surface area contributed by atoms with Crippen molar-refractivity contribution in [3.63, 3.8) is 0 Å². The van der Waals surface area contributed by atoms with Crippen LogP contribution in [0.25, 0.3) is 0 Å². The van der Waals surface area contributed by atoms with Gasteiger partial charge in [-0.15, -0.1) is 0 Å². The van der Waals surface area contributed by atoms with E-state index >= 15 is 0 Å². The van der Waals surface area contributed by atoms with Gasteiger partial charge in [0.25, 0.3) is 0 Å². The molecule has 0 radical (unpaired) electrons. The monoisotopic (exact) mass is 342 g/mol. The van der Waals surface area contributed by atoms with Crippen molar-refractivity contribution in [1.29, 1.82) is 0 Å². The summed E-state index contributed by atoms with van der Waals surface area (Å²) >= 11 is 5.87. The van der Waals surface area contributed by atoms with Crippen molar-refractivity contribution in [1.82, 2.24) is 5.32 Å². The quantitative estimate of drug-likeness (QED) is 0.771. The summed E-state index contributed by atoms with van der Waals surface area (Å²) in [4.78, 5) is 12.3. The van der Waals surface area contributed by atoms with E-state index in [9.17, 15) is 4.79 Å². The van der Waals surface area contributed by atoms with Crippen LogP contribution in [0.5, 0.6) is 0 Å². The van der Waals surface area contributed by atoms with Crippen LogP contribution >= 0.6 is 11.6 Å². The second kappa shape index (κ2) is 7.71. The molecule has 3 nitrogen and oxygen atoms in total. The maximum absolute atomic E-state index is 12.3. The Morgan fingerprint density at radius 2 is 1.62 bits per heavy atom. The van der Waals surface area contributed by atoms with Gasteiger partial charge in [-0.3, -0.25) is 0 Å². The zero-order valence-electron chi connectivity index (χ0n) is 13.7. The topological polar surface area (TPSA) is 41.1 Å². The number of hydrogen-bond donors (Lipinski definition) is 2. The summed E-state index contributed by atoms with van der Waals surface area (Å²) in [5.74, 6) is 0. The molecule has 1 aliphatic carbocycles. The highest BCUT2D eigenvalue weighted by Gasteiger charge is 2.34. The highest BCUT2D eigenvalue weighted by Crippen LogP contribution is 2.38. The van der Waals surface area contributed by atoms with Crippen LogP contribution in [0.2, 0.25) is 5.02 Å². The van der Waals surface area contributed by atoms with Crippen LogP contribution in [0, 0.1) is 0 Å². The van der Waals surface area contributed by atoms with E-state index in [-0.39, 0.29) is 11.4 Å². The fourth-order valence-corrected chi connectivity index (χ4v) is 3.67. The van der Waals surface area contributed by atoms with Crippen LogP contribution in [-0.2, 0) is 5.41 Å². The van der Waals surface area contributed by atoms with Gasteiger partial charge in [0.15, 0.2) is 0 Å². The summed E-state index contributed by atoms with van der Waals surface area (Å²) in [6.45, 7) is 0.663. The maximum atomic E-state index is 12.3. The average molecular weight is 343 g/mol. The molecule has 0 aromatic heterocycles. The van der Waals surface area contributed by atoms with Gasteiger partial charge in [-0.2, -0.15) is 0 Å². The van der Waals surface area contributed by atoms with Gasteiger partial charge in [-0.05, 0) is 42.7 Å². The van der Waals surface area contributed by atoms with Gasteiger partial charge >= 0.3 is 6.03 Å². The number of nitrogens with one attached hydrogen (secondary N) is 2. The van der Waals surface area contributed by atoms with Crippen LogP contribution in [0.15, 0.2) is 54.6 Å². The Morgan fingerprint density at radius 1 is 0.958 bits per heavy atom. The van der Waals surface area contributed by atoms with E-state index in [0.717, 1.165) is 18.5 Å². The van der Waals surface area contributed by atoms with Gasteiger partial charge in [-0.25, -0.2) is 4.79 Å². The van der Waals surface area contributed by atoms with Crippen molar-refractivity contribution in [3.05, 3.63) is 65.2 Å². The molecule has 2 amide bonds. The third kappa shape index (κ3) is 4.09. The molecule has 2 N–H and O–H groups in total. The number of rotatable bonds is 4. The van der Waals surface area contributed by atoms with Crippen molar-refractivity contribution < 1.29 is 4.79 Å². The summed E-state index contributed by atoms with van der Waals surface area (Å²) in [6, 6.07) is 17.5. The molecule has 24 heavy (non-hydrogen) atoms. The molecule has 0 atom stereocenters. The smallest absolute Gasteiger partial charge is 0.319 e. The van der Waals surface area contributed by atoms with Crippen molar-refractivity contribution in [2.75, 3.05) is 11.9 Å². The van der Waals surface area contributed by atoms with Crippen LogP contribution in [0.4, 0.5) is 10.5 Å². The zero-order valence-corrected chi connectivity index (χ0v) is 14.5. The van der Waals surface area contributed by atoms with Crippen molar-refractivity contribution in [3.8, 4) is 0 Å². The number of benzene rings is 2. The van der Waals surface area contributed by atoms with Gasteiger partial charge in [0.05, 0.1) is 0 Å². The lowest BCUT2D eigenvalue weighted by Gasteiger charge is -2.38. The fourth-order valence-electron chi connectivity index (χ4n) is 3.55. The Hall–Kier alpha value is -2.00. The number of anilines is 1. The summed E-state index contributed by atoms with van der Waals surface area (Å²) in [7, 11) is 0. The molecule has 0 heterocycles. The molecule has 0 saturated heterocycles. The van der Waals surface area contributed by atoms with E-state index in [2.05, 4.69) is 34.9 Å². The van der Waals surface area contributed by atoms with Crippen LogP contribution < -0.4 is 10.6 Å². The SMILES string of the molecule is O=C(NCC1(c2ccccc2)CCCCC1)Nc1ccc(Cl)cc1. The van der Waals surface area contributed by atoms with E-state index in [1.54, 1.807) is 24.3 Å². The molecule has 0 unspecified atom stereocenters. The average Bonchev–Trinajstić information content (AvgIpc) is 2.63. The first kappa shape index (κ1) is 16.8. The van der Waals surface area contributed by atoms with Crippen LogP contribution in [0.3, 0.4) is 0 Å². The fraction of sp³-hybridized carbons (Fsp3) is 0.350. The molecule has 0 bridgehead atoms. The lowest BCUT2D eigenvalue weighted by atomic mass is 9.69. The zero-order chi connectivity index (χ0) is 16.8. The third-order valence-electron chi connectivity index (χ3n) is 4.89. The molecule has 4 heteroatoms. The number of urea groups is 1. The Morgan fingerprint density at radius 3 is 2.29 bits per heavy atom. The van der Waals surface area contributed by atoms with E-state index in [1.807, 2.05) is 6.07 Å². The highest BCUT2D eigenvalue weighted by molar-refractivity contribution is 6.30. The second-order valence-corrected chi connectivity index (χ2v) is 6.96. The van der Waals surface area contributed by atoms with Gasteiger partial charge in [0.2, 0.25) is 0 Å². The molecule has 0 spiro atoms. The van der Waals surface area contributed by atoms with Gasteiger partial charge in [0.1, 0.15) is 0 Å². The minimum Gasteiger partial charge on any atom is -0.337 e. The van der Waals surface area contributed by atoms with Gasteiger partial charge in [0, 0.05) is 22.7 Å². The first-order valence-electron chi connectivity index (χ1n) is 8.54.